The Balaban J connectivity index is 1.56. The smallest absolute Gasteiger partial charge is 0.256 e. The second kappa shape index (κ2) is 6.73. The topological polar surface area (TPSA) is 82.5 Å². The lowest BCUT2D eigenvalue weighted by molar-refractivity contribution is 0.102. The number of aryl methyl sites for hydroxylation is 1. The zero-order valence-corrected chi connectivity index (χ0v) is 16.8. The molecule has 0 unspecified atom stereocenters. The van der Waals surface area contributed by atoms with Gasteiger partial charge in [0.2, 0.25) is 6.79 Å². The first-order chi connectivity index (χ1) is 14.0. The van der Waals surface area contributed by atoms with Gasteiger partial charge in [-0.2, -0.15) is 5.10 Å². The van der Waals surface area contributed by atoms with Gasteiger partial charge in [-0.3, -0.25) is 9.00 Å². The number of aromatic nitrogens is 2. The number of benzene rings is 2. The third-order valence-electron chi connectivity index (χ3n) is 5.34. The van der Waals surface area contributed by atoms with Gasteiger partial charge in [-0.25, -0.2) is 4.68 Å². The van der Waals surface area contributed by atoms with Gasteiger partial charge in [-0.1, -0.05) is 12.1 Å². The number of hydrogen-bond donors (Lipinski definition) is 1. The molecule has 0 fully saturated rings. The standard InChI is InChI=1S/C21H19N3O4S/c1-12-4-3-5-17(13(12)2)24-20(15-9-29(26)10-16(15)23-24)22-21(25)14-6-7-18-19(8-14)28-11-27-18/h3-8H,9-11H2,1-2H3,(H,22,25)/t29-/m1/s1. The summed E-state index contributed by atoms with van der Waals surface area (Å²) in [6, 6.07) is 11.0. The molecule has 1 N–H and O–H groups in total. The van der Waals surface area contributed by atoms with Crippen LogP contribution in [-0.4, -0.2) is 26.7 Å². The summed E-state index contributed by atoms with van der Waals surface area (Å²) in [5.74, 6) is 2.25. The highest BCUT2D eigenvalue weighted by atomic mass is 32.2. The Morgan fingerprint density at radius 3 is 2.83 bits per heavy atom. The zero-order valence-electron chi connectivity index (χ0n) is 16.0. The number of anilines is 1. The second-order valence-electron chi connectivity index (χ2n) is 7.16. The molecule has 2 aliphatic heterocycles. The number of ether oxygens (including phenoxy) is 2. The number of carbonyl (C=O) groups excluding carboxylic acids is 1. The summed E-state index contributed by atoms with van der Waals surface area (Å²) >= 11 is 0. The minimum absolute atomic E-state index is 0.152. The van der Waals surface area contributed by atoms with Crippen molar-refractivity contribution < 1.29 is 18.5 Å². The van der Waals surface area contributed by atoms with E-state index >= 15 is 0 Å². The van der Waals surface area contributed by atoms with Gasteiger partial charge >= 0.3 is 0 Å². The van der Waals surface area contributed by atoms with Crippen LogP contribution in [0.4, 0.5) is 5.82 Å². The van der Waals surface area contributed by atoms with Gasteiger partial charge in [0.15, 0.2) is 11.5 Å². The lowest BCUT2D eigenvalue weighted by Crippen LogP contribution is -2.17. The minimum atomic E-state index is -0.996. The number of amides is 1. The molecular weight excluding hydrogens is 390 g/mol. The van der Waals surface area contributed by atoms with E-state index in [4.69, 9.17) is 9.47 Å². The predicted octanol–water partition coefficient (Wildman–Crippen LogP) is 3.23. The van der Waals surface area contributed by atoms with E-state index in [-0.39, 0.29) is 12.7 Å². The van der Waals surface area contributed by atoms with Gasteiger partial charge < -0.3 is 14.8 Å². The fraction of sp³-hybridized carbons (Fsp3) is 0.238. The predicted molar refractivity (Wildman–Crippen MR) is 109 cm³/mol. The summed E-state index contributed by atoms with van der Waals surface area (Å²) in [6.07, 6.45) is 0. The molecule has 1 amide bonds. The van der Waals surface area contributed by atoms with Crippen molar-refractivity contribution in [2.75, 3.05) is 12.1 Å². The lowest BCUT2D eigenvalue weighted by atomic mass is 10.1. The maximum atomic E-state index is 13.0. The van der Waals surface area contributed by atoms with E-state index in [1.165, 1.54) is 0 Å². The second-order valence-corrected chi connectivity index (χ2v) is 8.61. The van der Waals surface area contributed by atoms with Gasteiger partial charge in [0.1, 0.15) is 5.82 Å². The molecule has 0 saturated carbocycles. The van der Waals surface area contributed by atoms with Crippen molar-refractivity contribution in [2.45, 2.75) is 25.4 Å². The highest BCUT2D eigenvalue weighted by Crippen LogP contribution is 2.35. The van der Waals surface area contributed by atoms with Crippen molar-refractivity contribution in [1.29, 1.82) is 0 Å². The Kier molecular flexibility index (Phi) is 4.16. The molecule has 2 aromatic carbocycles. The van der Waals surface area contributed by atoms with Gasteiger partial charge in [0.05, 0.1) is 22.9 Å². The number of carbonyl (C=O) groups is 1. The molecule has 7 nitrogen and oxygen atoms in total. The fourth-order valence-electron chi connectivity index (χ4n) is 3.61. The molecule has 0 radical (unpaired) electrons. The van der Waals surface area contributed by atoms with Crippen molar-refractivity contribution >= 4 is 22.5 Å². The normalized spacial score (nSPS) is 16.7. The number of nitrogens with one attached hydrogen (secondary N) is 1. The summed E-state index contributed by atoms with van der Waals surface area (Å²) in [6.45, 7) is 4.22. The van der Waals surface area contributed by atoms with Gasteiger partial charge in [-0.15, -0.1) is 0 Å². The number of nitrogens with zero attached hydrogens (tertiary/aromatic N) is 2. The summed E-state index contributed by atoms with van der Waals surface area (Å²) in [7, 11) is -0.996. The molecule has 0 aliphatic carbocycles. The molecule has 1 aromatic heterocycles. The molecule has 0 saturated heterocycles. The summed E-state index contributed by atoms with van der Waals surface area (Å²) < 4.78 is 24.5. The average molecular weight is 409 g/mol. The van der Waals surface area contributed by atoms with Crippen LogP contribution in [0.5, 0.6) is 11.5 Å². The molecule has 1 atom stereocenters. The Labute approximate surface area is 170 Å². The maximum Gasteiger partial charge on any atom is 0.256 e. The molecule has 5 rings (SSSR count). The van der Waals surface area contributed by atoms with Crippen LogP contribution >= 0.6 is 0 Å². The Hall–Kier alpha value is -3.13. The maximum absolute atomic E-state index is 13.0. The summed E-state index contributed by atoms with van der Waals surface area (Å²) in [5, 5.41) is 7.68. The fourth-order valence-corrected chi connectivity index (χ4v) is 4.88. The zero-order chi connectivity index (χ0) is 20.1. The van der Waals surface area contributed by atoms with Gasteiger partial charge in [0, 0.05) is 21.9 Å². The molecule has 0 bridgehead atoms. The van der Waals surface area contributed by atoms with Crippen molar-refractivity contribution in [2.24, 2.45) is 0 Å². The van der Waals surface area contributed by atoms with E-state index < -0.39 is 10.8 Å². The highest BCUT2D eigenvalue weighted by Gasteiger charge is 2.29. The van der Waals surface area contributed by atoms with Crippen molar-refractivity contribution in [3.8, 4) is 17.2 Å². The van der Waals surface area contributed by atoms with E-state index in [0.717, 1.165) is 28.1 Å². The third-order valence-corrected chi connectivity index (χ3v) is 6.55. The molecular formula is C21H19N3O4S. The molecule has 2 aliphatic rings. The Bertz CT molecular complexity index is 1180. The van der Waals surface area contributed by atoms with Crippen molar-refractivity contribution in [3.05, 3.63) is 64.3 Å². The van der Waals surface area contributed by atoms with Crippen LogP contribution in [0.2, 0.25) is 0 Å². The van der Waals surface area contributed by atoms with Gasteiger partial charge in [0.25, 0.3) is 5.91 Å². The van der Waals surface area contributed by atoms with E-state index in [0.29, 0.717) is 34.4 Å². The van der Waals surface area contributed by atoms with E-state index in [1.807, 2.05) is 32.0 Å². The van der Waals surface area contributed by atoms with Gasteiger partial charge in [-0.05, 0) is 49.2 Å². The molecule has 3 aromatic rings. The van der Waals surface area contributed by atoms with E-state index in [1.54, 1.807) is 22.9 Å². The molecule has 8 heteroatoms. The van der Waals surface area contributed by atoms with Crippen LogP contribution in [-0.2, 0) is 22.3 Å². The summed E-state index contributed by atoms with van der Waals surface area (Å²) in [5.41, 5.74) is 5.16. The summed E-state index contributed by atoms with van der Waals surface area (Å²) in [4.78, 5) is 13.0. The van der Waals surface area contributed by atoms with Crippen molar-refractivity contribution in [1.82, 2.24) is 9.78 Å². The number of fused-ring (bicyclic) bond motifs is 2. The molecule has 148 valence electrons. The number of hydrogen-bond acceptors (Lipinski definition) is 5. The van der Waals surface area contributed by atoms with Crippen LogP contribution in [0, 0.1) is 13.8 Å². The van der Waals surface area contributed by atoms with Crippen LogP contribution < -0.4 is 14.8 Å². The minimum Gasteiger partial charge on any atom is -0.454 e. The van der Waals surface area contributed by atoms with E-state index in [9.17, 15) is 9.00 Å². The lowest BCUT2D eigenvalue weighted by Gasteiger charge is -2.14. The van der Waals surface area contributed by atoms with Crippen LogP contribution in [0.3, 0.4) is 0 Å². The molecule has 29 heavy (non-hydrogen) atoms. The van der Waals surface area contributed by atoms with Crippen LogP contribution in [0.1, 0.15) is 32.7 Å². The molecule has 3 heterocycles. The quantitative estimate of drug-likeness (QED) is 0.718. The Morgan fingerprint density at radius 2 is 1.97 bits per heavy atom. The highest BCUT2D eigenvalue weighted by molar-refractivity contribution is 7.83. The van der Waals surface area contributed by atoms with Crippen LogP contribution in [0.15, 0.2) is 36.4 Å². The molecule has 0 spiro atoms. The first-order valence-electron chi connectivity index (χ1n) is 9.24. The van der Waals surface area contributed by atoms with E-state index in [2.05, 4.69) is 10.4 Å². The third kappa shape index (κ3) is 3.00. The van der Waals surface area contributed by atoms with Crippen molar-refractivity contribution in [3.63, 3.8) is 0 Å². The monoisotopic (exact) mass is 409 g/mol. The van der Waals surface area contributed by atoms with Crippen LogP contribution in [0.25, 0.3) is 5.69 Å². The first kappa shape index (κ1) is 17.9. The first-order valence-corrected chi connectivity index (χ1v) is 10.7. The largest absolute Gasteiger partial charge is 0.454 e. The average Bonchev–Trinajstić information content (AvgIpc) is 3.39. The number of rotatable bonds is 3. The Morgan fingerprint density at radius 1 is 1.14 bits per heavy atom. The SMILES string of the molecule is Cc1cccc(-n2nc3c(c2NC(=O)c2ccc4c(c2)OCO4)C[S@@](=O)C3)c1C.